The lowest BCUT2D eigenvalue weighted by atomic mass is 10.0. The van der Waals surface area contributed by atoms with Gasteiger partial charge in [-0.3, -0.25) is 0 Å². The molecule has 0 saturated heterocycles. The van der Waals surface area contributed by atoms with Crippen LogP contribution in [0.3, 0.4) is 0 Å². The number of hydrogen-bond donors (Lipinski definition) is 0. The van der Waals surface area contributed by atoms with E-state index in [4.69, 9.17) is 11.6 Å². The van der Waals surface area contributed by atoms with Crippen LogP contribution in [0.1, 0.15) is 5.56 Å². The van der Waals surface area contributed by atoms with E-state index in [1.165, 1.54) is 16.7 Å². The zero-order chi connectivity index (χ0) is 11.4. The van der Waals surface area contributed by atoms with Crippen LogP contribution in [-0.4, -0.2) is 0 Å². The lowest BCUT2D eigenvalue weighted by Gasteiger charge is -2.04. The Morgan fingerprint density at radius 2 is 1.75 bits per heavy atom. The third kappa shape index (κ3) is 2.53. The molecular formula is C15H13Cl. The van der Waals surface area contributed by atoms with Crippen molar-refractivity contribution in [3.05, 3.63) is 71.8 Å². The van der Waals surface area contributed by atoms with Crippen molar-refractivity contribution >= 4 is 11.6 Å². The zero-order valence-electron chi connectivity index (χ0n) is 8.99. The Labute approximate surface area is 101 Å². The van der Waals surface area contributed by atoms with E-state index in [1.807, 2.05) is 30.3 Å². The Morgan fingerprint density at radius 3 is 2.44 bits per heavy atom. The van der Waals surface area contributed by atoms with Crippen LogP contribution in [0.15, 0.2) is 61.2 Å². The van der Waals surface area contributed by atoms with E-state index < -0.39 is 0 Å². The summed E-state index contributed by atoms with van der Waals surface area (Å²) in [6.07, 6.45) is 2.82. The molecule has 1 heteroatoms. The highest BCUT2D eigenvalue weighted by atomic mass is 35.5. The molecule has 0 radical (unpaired) electrons. The predicted molar refractivity (Wildman–Crippen MR) is 70.8 cm³/mol. The Hall–Kier alpha value is -1.53. The van der Waals surface area contributed by atoms with Gasteiger partial charge in [0.2, 0.25) is 0 Å². The van der Waals surface area contributed by atoms with Gasteiger partial charge in [-0.1, -0.05) is 54.1 Å². The Kier molecular flexibility index (Phi) is 3.43. The predicted octanol–water partition coefficient (Wildman–Crippen LogP) is 4.74. The van der Waals surface area contributed by atoms with Gasteiger partial charge in [-0.2, -0.15) is 0 Å². The molecule has 2 rings (SSSR count). The fourth-order valence-electron chi connectivity index (χ4n) is 1.69. The highest BCUT2D eigenvalue weighted by Gasteiger charge is 1.98. The van der Waals surface area contributed by atoms with Crippen molar-refractivity contribution in [3.8, 4) is 11.1 Å². The topological polar surface area (TPSA) is 0 Å². The van der Waals surface area contributed by atoms with Crippen molar-refractivity contribution in [2.75, 3.05) is 0 Å². The molecule has 0 aliphatic heterocycles. The van der Waals surface area contributed by atoms with Crippen LogP contribution in [0.5, 0.6) is 0 Å². The SMILES string of the molecule is C=CCc1cccc(-c2ccc(Cl)cc2)c1. The standard InChI is InChI=1S/C15H13Cl/c1-2-4-12-5-3-6-14(11-12)13-7-9-15(16)10-8-13/h2-3,5-11H,1,4H2. The van der Waals surface area contributed by atoms with E-state index in [0.717, 1.165) is 11.4 Å². The minimum absolute atomic E-state index is 0.769. The van der Waals surface area contributed by atoms with Gasteiger partial charge in [-0.15, -0.1) is 6.58 Å². The summed E-state index contributed by atoms with van der Waals surface area (Å²) in [5, 5.41) is 0.769. The maximum absolute atomic E-state index is 5.87. The minimum atomic E-state index is 0.769. The molecule has 0 nitrogen and oxygen atoms in total. The lowest BCUT2D eigenvalue weighted by Crippen LogP contribution is -1.83. The van der Waals surface area contributed by atoms with Crippen LogP contribution in [0.4, 0.5) is 0 Å². The van der Waals surface area contributed by atoms with E-state index in [0.29, 0.717) is 0 Å². The number of benzene rings is 2. The number of allylic oxidation sites excluding steroid dienone is 1. The molecule has 80 valence electrons. The first-order chi connectivity index (χ1) is 7.79. The number of hydrogen-bond acceptors (Lipinski definition) is 0. The third-order valence-corrected chi connectivity index (χ3v) is 2.74. The highest BCUT2D eigenvalue weighted by Crippen LogP contribution is 2.22. The molecule has 0 N–H and O–H groups in total. The molecule has 0 aliphatic rings. The summed E-state index contributed by atoms with van der Waals surface area (Å²) in [7, 11) is 0. The molecule has 0 amide bonds. The molecule has 0 bridgehead atoms. The second-order valence-corrected chi connectivity index (χ2v) is 4.14. The van der Waals surface area contributed by atoms with Crippen molar-refractivity contribution in [3.63, 3.8) is 0 Å². The maximum Gasteiger partial charge on any atom is 0.0406 e. The van der Waals surface area contributed by atoms with Gasteiger partial charge in [0, 0.05) is 5.02 Å². The van der Waals surface area contributed by atoms with Gasteiger partial charge < -0.3 is 0 Å². The van der Waals surface area contributed by atoms with Gasteiger partial charge in [0.15, 0.2) is 0 Å². The Morgan fingerprint density at radius 1 is 1.00 bits per heavy atom. The van der Waals surface area contributed by atoms with Crippen molar-refractivity contribution in [2.45, 2.75) is 6.42 Å². The zero-order valence-corrected chi connectivity index (χ0v) is 9.74. The molecule has 0 atom stereocenters. The van der Waals surface area contributed by atoms with Crippen molar-refractivity contribution in [2.24, 2.45) is 0 Å². The highest BCUT2D eigenvalue weighted by molar-refractivity contribution is 6.30. The molecule has 0 aromatic heterocycles. The molecular weight excluding hydrogens is 216 g/mol. The van der Waals surface area contributed by atoms with Gasteiger partial charge in [-0.05, 0) is 35.2 Å². The second kappa shape index (κ2) is 5.00. The average Bonchev–Trinajstić information content (AvgIpc) is 2.31. The molecule has 2 aromatic rings. The molecule has 0 spiro atoms. The van der Waals surface area contributed by atoms with Gasteiger partial charge in [0.05, 0.1) is 0 Å². The van der Waals surface area contributed by atoms with Gasteiger partial charge in [-0.25, -0.2) is 0 Å². The summed E-state index contributed by atoms with van der Waals surface area (Å²) in [6, 6.07) is 16.4. The van der Waals surface area contributed by atoms with Crippen molar-refractivity contribution in [1.82, 2.24) is 0 Å². The summed E-state index contributed by atoms with van der Waals surface area (Å²) < 4.78 is 0. The summed E-state index contributed by atoms with van der Waals surface area (Å²) in [5.74, 6) is 0. The fraction of sp³-hybridized carbons (Fsp3) is 0.0667. The van der Waals surface area contributed by atoms with E-state index in [9.17, 15) is 0 Å². The van der Waals surface area contributed by atoms with Crippen LogP contribution in [-0.2, 0) is 6.42 Å². The van der Waals surface area contributed by atoms with Crippen molar-refractivity contribution < 1.29 is 0 Å². The first-order valence-corrected chi connectivity index (χ1v) is 5.63. The second-order valence-electron chi connectivity index (χ2n) is 3.70. The summed E-state index contributed by atoms with van der Waals surface area (Å²) >= 11 is 5.87. The van der Waals surface area contributed by atoms with E-state index in [1.54, 1.807) is 0 Å². The lowest BCUT2D eigenvalue weighted by molar-refractivity contribution is 1.28. The summed E-state index contributed by atoms with van der Waals surface area (Å²) in [6.45, 7) is 3.75. The van der Waals surface area contributed by atoms with Crippen LogP contribution in [0.2, 0.25) is 5.02 Å². The normalized spacial score (nSPS) is 10.1. The van der Waals surface area contributed by atoms with Gasteiger partial charge >= 0.3 is 0 Å². The van der Waals surface area contributed by atoms with Crippen LogP contribution >= 0.6 is 11.6 Å². The van der Waals surface area contributed by atoms with Crippen LogP contribution < -0.4 is 0 Å². The van der Waals surface area contributed by atoms with E-state index >= 15 is 0 Å². The van der Waals surface area contributed by atoms with Crippen molar-refractivity contribution in [1.29, 1.82) is 0 Å². The molecule has 2 aromatic carbocycles. The van der Waals surface area contributed by atoms with Gasteiger partial charge in [0.25, 0.3) is 0 Å². The summed E-state index contributed by atoms with van der Waals surface area (Å²) in [4.78, 5) is 0. The Bertz CT molecular complexity index is 483. The summed E-state index contributed by atoms with van der Waals surface area (Å²) in [5.41, 5.74) is 3.69. The van der Waals surface area contributed by atoms with Crippen LogP contribution in [0, 0.1) is 0 Å². The molecule has 0 saturated carbocycles. The molecule has 0 heterocycles. The number of halogens is 1. The average molecular weight is 229 g/mol. The first-order valence-electron chi connectivity index (χ1n) is 5.25. The molecule has 0 unspecified atom stereocenters. The van der Waals surface area contributed by atoms with Crippen LogP contribution in [0.25, 0.3) is 11.1 Å². The molecule has 0 aliphatic carbocycles. The Balaban J connectivity index is 2.36. The molecule has 0 fully saturated rings. The van der Waals surface area contributed by atoms with E-state index in [2.05, 4.69) is 30.8 Å². The van der Waals surface area contributed by atoms with E-state index in [-0.39, 0.29) is 0 Å². The largest absolute Gasteiger partial charge is 0.103 e. The maximum atomic E-state index is 5.87. The smallest absolute Gasteiger partial charge is 0.0406 e. The first kappa shape index (κ1) is 11.0. The van der Waals surface area contributed by atoms with Gasteiger partial charge in [0.1, 0.15) is 0 Å². The number of rotatable bonds is 3. The fourth-order valence-corrected chi connectivity index (χ4v) is 1.81. The quantitative estimate of drug-likeness (QED) is 0.666. The third-order valence-electron chi connectivity index (χ3n) is 2.48. The minimum Gasteiger partial charge on any atom is -0.103 e. The molecule has 16 heavy (non-hydrogen) atoms. The monoisotopic (exact) mass is 228 g/mol.